The fourth-order valence-corrected chi connectivity index (χ4v) is 8.31. The number of nitrogens with zero attached hydrogens (tertiary/aromatic N) is 5. The first kappa shape index (κ1) is 65.7. The Balaban J connectivity index is 0.000000360. The first-order valence-corrected chi connectivity index (χ1v) is 25.1. The number of benzene rings is 3. The number of ether oxygens (including phenoxy) is 4. The lowest BCUT2D eigenvalue weighted by atomic mass is 10.1. The number of carboxylic acids is 1. The number of piperazine rings is 2. The summed E-state index contributed by atoms with van der Waals surface area (Å²) < 4.78 is 171. The zero-order chi connectivity index (χ0) is 59.1. The van der Waals surface area contributed by atoms with Crippen LogP contribution in [-0.2, 0) is 43.4 Å². The topological polar surface area (TPSA) is 154 Å². The molecule has 2 amide bonds. The second-order valence-electron chi connectivity index (χ2n) is 19.2. The SMILES string of the molecule is COc1ccc(CN(CCCC(=O)OC(C)(C)C)c2cc(Cl)ccc2CN2CCN(C(=O)OC(C(F)(F)F)C(F)(F)F)CC2)cc1.O=C(O)CCCNc1cc(Cl)ccc1CN1CCN(C(=O)OC(C(F)(F)F)C(F)(F)F)CC1. The van der Waals surface area contributed by atoms with Gasteiger partial charge in [0, 0.05) is 119 Å². The number of halogens is 14. The Morgan fingerprint density at radius 3 is 1.53 bits per heavy atom. The van der Waals surface area contributed by atoms with E-state index >= 15 is 0 Å². The number of amides is 2. The summed E-state index contributed by atoms with van der Waals surface area (Å²) in [5, 5.41) is 12.7. The largest absolute Gasteiger partial charge is 0.497 e. The highest BCUT2D eigenvalue weighted by Crippen LogP contribution is 2.38. The highest BCUT2D eigenvalue weighted by molar-refractivity contribution is 6.31. The number of nitrogens with one attached hydrogen (secondary N) is 1. The van der Waals surface area contributed by atoms with Crippen LogP contribution in [0.3, 0.4) is 0 Å². The highest BCUT2D eigenvalue weighted by Gasteiger charge is 2.61. The van der Waals surface area contributed by atoms with Crippen molar-refractivity contribution in [3.63, 3.8) is 0 Å². The summed E-state index contributed by atoms with van der Waals surface area (Å²) in [6.07, 6.45) is -33.8. The Bertz CT molecular complexity index is 2440. The van der Waals surface area contributed by atoms with Crippen molar-refractivity contribution in [2.45, 2.75) is 109 Å². The van der Waals surface area contributed by atoms with Gasteiger partial charge in [-0.25, -0.2) is 9.59 Å². The Hall–Kier alpha value is -5.80. The second-order valence-corrected chi connectivity index (χ2v) is 20.1. The standard InChI is InChI=1S/C31H38ClF6N3O5.C19H22ClF6N3O4/c1-29(2,3)46-26(42)6-5-13-41(19-21-7-11-24(44-4)12-8-21)25-18-23(32)10-9-22(25)20-39-14-16-40(17-15-39)28(43)45-27(30(33,34)35)31(36,37)38;20-13-4-3-12(14(10-13)27-5-1-2-15(30)31)11-28-6-8-29(9-7-28)17(32)33-16(18(21,22)23)19(24,25)26/h7-12,18,27H,5-6,13-17,19-20H2,1-4H3;3-4,10,16,27H,1-2,5-9,11H2,(H,30,31). The molecular weight excluding hydrogens is 1130 g/mol. The van der Waals surface area contributed by atoms with Crippen molar-refractivity contribution >= 4 is 58.7 Å². The molecule has 3 aromatic carbocycles. The van der Waals surface area contributed by atoms with E-state index in [1.807, 2.05) is 40.1 Å². The van der Waals surface area contributed by atoms with Gasteiger partial charge in [0.2, 0.25) is 0 Å². The fourth-order valence-electron chi connectivity index (χ4n) is 7.97. The van der Waals surface area contributed by atoms with Gasteiger partial charge in [-0.3, -0.25) is 19.4 Å². The lowest BCUT2D eigenvalue weighted by molar-refractivity contribution is -0.309. The minimum atomic E-state index is -5.79. The maximum atomic E-state index is 12.9. The maximum Gasteiger partial charge on any atom is 0.434 e. The van der Waals surface area contributed by atoms with Crippen LogP contribution in [0.1, 0.15) is 63.1 Å². The van der Waals surface area contributed by atoms with E-state index in [1.165, 1.54) is 0 Å². The third-order valence-corrected chi connectivity index (χ3v) is 12.2. The van der Waals surface area contributed by atoms with Crippen LogP contribution < -0.4 is 15.0 Å². The summed E-state index contributed by atoms with van der Waals surface area (Å²) in [6.45, 7) is 7.69. The summed E-state index contributed by atoms with van der Waals surface area (Å²) in [5.74, 6) is -0.549. The van der Waals surface area contributed by atoms with Crippen molar-refractivity contribution in [3.8, 4) is 5.75 Å². The molecule has 5 rings (SSSR count). The second kappa shape index (κ2) is 28.6. The molecule has 0 bridgehead atoms. The number of carbonyl (C=O) groups excluding carboxylic acids is 3. The molecule has 0 atom stereocenters. The van der Waals surface area contributed by atoms with Gasteiger partial charge in [-0.15, -0.1) is 0 Å². The van der Waals surface area contributed by atoms with Crippen LogP contribution in [-0.4, -0.2) is 164 Å². The van der Waals surface area contributed by atoms with Gasteiger partial charge in [0.1, 0.15) is 11.4 Å². The van der Waals surface area contributed by atoms with E-state index in [-0.39, 0.29) is 71.2 Å². The van der Waals surface area contributed by atoms with Crippen LogP contribution in [0.4, 0.5) is 73.6 Å². The molecule has 442 valence electrons. The Morgan fingerprint density at radius 2 is 1.09 bits per heavy atom. The number of hydrogen-bond donors (Lipinski definition) is 2. The monoisotopic (exact) mass is 1190 g/mol. The summed E-state index contributed by atoms with van der Waals surface area (Å²) in [7, 11) is 1.57. The number of esters is 1. The molecule has 15 nitrogen and oxygen atoms in total. The zero-order valence-electron chi connectivity index (χ0n) is 43.2. The summed E-state index contributed by atoms with van der Waals surface area (Å²) >= 11 is 12.4. The molecule has 2 heterocycles. The summed E-state index contributed by atoms with van der Waals surface area (Å²) in [5.41, 5.74) is 3.46. The van der Waals surface area contributed by atoms with E-state index in [9.17, 15) is 71.9 Å². The van der Waals surface area contributed by atoms with Gasteiger partial charge in [-0.2, -0.15) is 52.7 Å². The van der Waals surface area contributed by atoms with Crippen LogP contribution >= 0.6 is 23.2 Å². The minimum Gasteiger partial charge on any atom is -0.497 e. The van der Waals surface area contributed by atoms with Gasteiger partial charge in [0.05, 0.1) is 7.11 Å². The van der Waals surface area contributed by atoms with Crippen LogP contribution in [0.5, 0.6) is 5.75 Å². The molecule has 0 aromatic heterocycles. The molecule has 0 radical (unpaired) electrons. The van der Waals surface area contributed by atoms with Crippen molar-refractivity contribution in [1.29, 1.82) is 0 Å². The van der Waals surface area contributed by atoms with Gasteiger partial charge >= 0.3 is 48.8 Å². The van der Waals surface area contributed by atoms with Gasteiger partial charge in [-0.1, -0.05) is 47.5 Å². The van der Waals surface area contributed by atoms with Gasteiger partial charge in [-0.05, 0) is 86.7 Å². The van der Waals surface area contributed by atoms with E-state index in [1.54, 1.807) is 58.2 Å². The van der Waals surface area contributed by atoms with E-state index in [0.717, 1.165) is 32.2 Å². The smallest absolute Gasteiger partial charge is 0.434 e. The van der Waals surface area contributed by atoms with Gasteiger partial charge < -0.3 is 44.1 Å². The molecular formula is C50H60Cl2F12N6O9. The van der Waals surface area contributed by atoms with Crippen molar-refractivity contribution in [2.24, 2.45) is 0 Å². The third-order valence-electron chi connectivity index (χ3n) is 11.8. The van der Waals surface area contributed by atoms with Crippen molar-refractivity contribution in [2.75, 3.05) is 82.8 Å². The minimum absolute atomic E-state index is 0.00943. The molecule has 2 N–H and O–H groups in total. The molecule has 2 fully saturated rings. The normalized spacial score (nSPS) is 15.1. The van der Waals surface area contributed by atoms with Crippen LogP contribution in [0.2, 0.25) is 10.0 Å². The van der Waals surface area contributed by atoms with E-state index in [0.29, 0.717) is 67.0 Å². The van der Waals surface area contributed by atoms with Crippen molar-refractivity contribution in [1.82, 2.24) is 19.6 Å². The van der Waals surface area contributed by atoms with Gasteiger partial charge in [0.15, 0.2) is 0 Å². The molecule has 0 aliphatic carbocycles. The average Bonchev–Trinajstić information content (AvgIpc) is 3.33. The highest BCUT2D eigenvalue weighted by atomic mass is 35.5. The Labute approximate surface area is 457 Å². The Kier molecular flexibility index (Phi) is 23.8. The number of anilines is 2. The van der Waals surface area contributed by atoms with E-state index in [2.05, 4.69) is 19.7 Å². The van der Waals surface area contributed by atoms with Gasteiger partial charge in [0.25, 0.3) is 12.2 Å². The molecule has 0 unspecified atom stereocenters. The predicted molar refractivity (Wildman–Crippen MR) is 266 cm³/mol. The van der Waals surface area contributed by atoms with E-state index < -0.39 is 60.7 Å². The molecule has 2 aliphatic heterocycles. The number of rotatable bonds is 19. The fraction of sp³-hybridized carbons (Fsp3) is 0.560. The molecule has 0 saturated carbocycles. The number of hydrogen-bond acceptors (Lipinski definition) is 12. The van der Waals surface area contributed by atoms with Crippen molar-refractivity contribution in [3.05, 3.63) is 87.4 Å². The number of carboxylic acid groups (broad SMARTS) is 1. The molecule has 2 saturated heterocycles. The maximum absolute atomic E-state index is 12.9. The lowest BCUT2D eigenvalue weighted by Crippen LogP contribution is -2.52. The zero-order valence-corrected chi connectivity index (χ0v) is 44.7. The number of methoxy groups -OCH3 is 1. The average molecular weight is 1190 g/mol. The van der Waals surface area contributed by atoms with Crippen molar-refractivity contribution < 1.29 is 95.9 Å². The summed E-state index contributed by atoms with van der Waals surface area (Å²) in [4.78, 5) is 54.6. The quantitative estimate of drug-likeness (QED) is 0.0507. The van der Waals surface area contributed by atoms with Crippen LogP contribution in [0.15, 0.2) is 60.7 Å². The predicted octanol–water partition coefficient (Wildman–Crippen LogP) is 11.6. The molecule has 29 heteroatoms. The lowest BCUT2D eigenvalue weighted by Gasteiger charge is -2.36. The number of alkyl halides is 12. The molecule has 0 spiro atoms. The first-order chi connectivity index (χ1) is 36.6. The third kappa shape index (κ3) is 22.3. The van der Waals surface area contributed by atoms with Crippen LogP contribution in [0.25, 0.3) is 0 Å². The van der Waals surface area contributed by atoms with Crippen LogP contribution in [0, 0.1) is 0 Å². The molecule has 2 aliphatic rings. The van der Waals surface area contributed by atoms with E-state index in [4.69, 9.17) is 37.8 Å². The Morgan fingerprint density at radius 1 is 0.633 bits per heavy atom. The molecule has 79 heavy (non-hydrogen) atoms. The number of aliphatic carboxylic acids is 1. The molecule has 3 aromatic rings. The summed E-state index contributed by atoms with van der Waals surface area (Å²) in [6, 6.07) is 17.9. The first-order valence-electron chi connectivity index (χ1n) is 24.4. The number of carbonyl (C=O) groups is 4.